The quantitative estimate of drug-likeness (QED) is 0.226. The van der Waals surface area contributed by atoms with Crippen LogP contribution in [0.4, 0.5) is 4.79 Å². The second-order valence-electron chi connectivity index (χ2n) is 12.0. The van der Waals surface area contributed by atoms with E-state index < -0.39 is 43.2 Å². The minimum Gasteiger partial charge on any atom is -0.402 e. The van der Waals surface area contributed by atoms with Crippen molar-refractivity contribution in [2.24, 2.45) is 29.1 Å². The number of carbonyl (C=O) groups is 1. The van der Waals surface area contributed by atoms with Crippen molar-refractivity contribution in [3.05, 3.63) is 0 Å². The average Bonchev–Trinajstić information content (AvgIpc) is 2.80. The topological polar surface area (TPSA) is 135 Å². The Labute approximate surface area is 216 Å². The van der Waals surface area contributed by atoms with Crippen molar-refractivity contribution >= 4 is 6.16 Å². The van der Waals surface area contributed by atoms with Crippen LogP contribution in [0.5, 0.6) is 0 Å². The summed E-state index contributed by atoms with van der Waals surface area (Å²) in [6.07, 6.45) is 1.71. The molecule has 7 atom stereocenters. The standard InChI is InChI=1S/C27H50O9/c1-18(2)23-9-8-20(5)12-27(23,34-16-22(31)14-29)36-24(32)35-26(33-15-21(30)13-28)11-7-10-25(6,17-26)19(3)4/h18-23,28-31H,7-17H2,1-6H3. The van der Waals surface area contributed by atoms with Crippen molar-refractivity contribution < 1.29 is 44.2 Å². The molecule has 0 aromatic heterocycles. The van der Waals surface area contributed by atoms with Gasteiger partial charge in [-0.2, -0.15) is 0 Å². The first kappa shape index (κ1) is 31.2. The summed E-state index contributed by atoms with van der Waals surface area (Å²) in [5.41, 5.74) is -0.151. The van der Waals surface area contributed by atoms with E-state index in [1.807, 2.05) is 13.8 Å². The molecule has 2 aliphatic rings. The molecule has 4 N–H and O–H groups in total. The first-order chi connectivity index (χ1) is 16.8. The third kappa shape index (κ3) is 8.01. The van der Waals surface area contributed by atoms with E-state index in [2.05, 4.69) is 27.7 Å². The Bertz CT molecular complexity index is 686. The number of ether oxygens (including phenoxy) is 4. The number of aliphatic hydroxyl groups is 4. The molecule has 0 spiro atoms. The minimum absolute atomic E-state index is 0.118. The molecule has 2 rings (SSSR count). The molecule has 0 aliphatic heterocycles. The number of hydrogen-bond acceptors (Lipinski definition) is 9. The molecule has 0 amide bonds. The van der Waals surface area contributed by atoms with Gasteiger partial charge in [0.25, 0.3) is 0 Å². The van der Waals surface area contributed by atoms with Crippen molar-refractivity contribution in [3.8, 4) is 0 Å². The van der Waals surface area contributed by atoms with Gasteiger partial charge in [0.15, 0.2) is 0 Å². The number of hydrogen-bond donors (Lipinski definition) is 4. The monoisotopic (exact) mass is 518 g/mol. The normalized spacial score (nSPS) is 35.0. The number of rotatable bonds is 12. The van der Waals surface area contributed by atoms with Crippen LogP contribution in [-0.4, -0.2) is 76.8 Å². The number of carbonyl (C=O) groups excluding carboxylic acids is 1. The summed E-state index contributed by atoms with van der Waals surface area (Å²) < 4.78 is 24.1. The van der Waals surface area contributed by atoms with E-state index in [0.717, 1.165) is 25.7 Å². The first-order valence-corrected chi connectivity index (χ1v) is 13.6. The Kier molecular flexibility index (Phi) is 11.5. The molecule has 9 heteroatoms. The smallest absolute Gasteiger partial charge is 0.402 e. The van der Waals surface area contributed by atoms with Crippen LogP contribution in [0.1, 0.15) is 86.5 Å². The van der Waals surface area contributed by atoms with Crippen LogP contribution in [0.2, 0.25) is 0 Å². The van der Waals surface area contributed by atoms with E-state index in [4.69, 9.17) is 18.9 Å². The molecule has 0 radical (unpaired) electrons. The van der Waals surface area contributed by atoms with Gasteiger partial charge in [-0.15, -0.1) is 0 Å². The van der Waals surface area contributed by atoms with Gasteiger partial charge >= 0.3 is 6.16 Å². The predicted molar refractivity (Wildman–Crippen MR) is 134 cm³/mol. The Morgan fingerprint density at radius 1 is 0.944 bits per heavy atom. The summed E-state index contributed by atoms with van der Waals surface area (Å²) >= 11 is 0. The third-order valence-corrected chi connectivity index (χ3v) is 8.35. The SMILES string of the molecule is CC1CCC(C(C)C)C(OCC(O)CO)(OC(=O)OC2(OCC(O)CO)CCCC(C)(C(C)C)C2)C1. The largest absolute Gasteiger partial charge is 0.513 e. The Hall–Kier alpha value is -0.970. The number of aliphatic hydroxyl groups excluding tert-OH is 4. The summed E-state index contributed by atoms with van der Waals surface area (Å²) in [4.78, 5) is 13.4. The van der Waals surface area contributed by atoms with E-state index >= 15 is 0 Å². The molecule has 0 heterocycles. The minimum atomic E-state index is -1.30. The van der Waals surface area contributed by atoms with Crippen LogP contribution in [-0.2, 0) is 18.9 Å². The summed E-state index contributed by atoms with van der Waals surface area (Å²) in [6, 6.07) is 0. The van der Waals surface area contributed by atoms with Gasteiger partial charge in [-0.05, 0) is 48.9 Å². The highest BCUT2D eigenvalue weighted by Crippen LogP contribution is 2.49. The molecular formula is C27H50O9. The predicted octanol–water partition coefficient (Wildman–Crippen LogP) is 3.60. The third-order valence-electron chi connectivity index (χ3n) is 8.35. The zero-order valence-electron chi connectivity index (χ0n) is 23.1. The van der Waals surface area contributed by atoms with Gasteiger partial charge in [0.1, 0.15) is 12.2 Å². The van der Waals surface area contributed by atoms with Gasteiger partial charge in [0, 0.05) is 25.2 Å². The molecule has 0 aromatic carbocycles. The fourth-order valence-electron chi connectivity index (χ4n) is 5.77. The van der Waals surface area contributed by atoms with Crippen LogP contribution in [0.15, 0.2) is 0 Å². The highest BCUT2D eigenvalue weighted by molar-refractivity contribution is 5.61. The van der Waals surface area contributed by atoms with Gasteiger partial charge in [0.05, 0.1) is 26.4 Å². The van der Waals surface area contributed by atoms with Crippen molar-refractivity contribution in [3.63, 3.8) is 0 Å². The molecular weight excluding hydrogens is 468 g/mol. The van der Waals surface area contributed by atoms with Gasteiger partial charge in [-0.25, -0.2) is 4.79 Å². The molecule has 2 fully saturated rings. The molecule has 0 saturated heterocycles. The van der Waals surface area contributed by atoms with Gasteiger partial charge in [0.2, 0.25) is 11.6 Å². The summed E-state index contributed by atoms with van der Waals surface area (Å²) in [6.45, 7) is 11.3. The lowest BCUT2D eigenvalue weighted by Gasteiger charge is -2.49. The molecule has 0 aromatic rings. The average molecular weight is 519 g/mol. The second-order valence-corrected chi connectivity index (χ2v) is 12.0. The fourth-order valence-corrected chi connectivity index (χ4v) is 5.77. The van der Waals surface area contributed by atoms with Crippen LogP contribution >= 0.6 is 0 Å². The van der Waals surface area contributed by atoms with Crippen LogP contribution in [0, 0.1) is 29.1 Å². The van der Waals surface area contributed by atoms with E-state index in [0.29, 0.717) is 25.2 Å². The summed E-state index contributed by atoms with van der Waals surface area (Å²) in [7, 11) is 0. The van der Waals surface area contributed by atoms with Crippen LogP contribution in [0.25, 0.3) is 0 Å². The zero-order valence-corrected chi connectivity index (χ0v) is 23.1. The first-order valence-electron chi connectivity index (χ1n) is 13.6. The van der Waals surface area contributed by atoms with Crippen molar-refractivity contribution in [2.45, 2.75) is 110 Å². The lowest BCUT2D eigenvalue weighted by atomic mass is 9.66. The maximum atomic E-state index is 13.4. The second kappa shape index (κ2) is 13.2. The molecule has 36 heavy (non-hydrogen) atoms. The lowest BCUT2D eigenvalue weighted by molar-refractivity contribution is -0.305. The van der Waals surface area contributed by atoms with Crippen LogP contribution in [0.3, 0.4) is 0 Å². The van der Waals surface area contributed by atoms with E-state index in [1.165, 1.54) is 0 Å². The highest BCUT2D eigenvalue weighted by Gasteiger charge is 2.52. The molecule has 2 saturated carbocycles. The highest BCUT2D eigenvalue weighted by atomic mass is 16.8. The zero-order chi connectivity index (χ0) is 27.1. The van der Waals surface area contributed by atoms with E-state index in [1.54, 1.807) is 0 Å². The van der Waals surface area contributed by atoms with Gasteiger partial charge < -0.3 is 39.4 Å². The summed E-state index contributed by atoms with van der Waals surface area (Å²) in [5.74, 6) is -2.05. The molecule has 212 valence electrons. The Morgan fingerprint density at radius 2 is 1.56 bits per heavy atom. The Morgan fingerprint density at radius 3 is 2.11 bits per heavy atom. The van der Waals surface area contributed by atoms with Crippen molar-refractivity contribution in [1.29, 1.82) is 0 Å². The fraction of sp³-hybridized carbons (Fsp3) is 0.963. The molecule has 0 bridgehead atoms. The Balaban J connectivity index is 2.32. The van der Waals surface area contributed by atoms with Crippen LogP contribution < -0.4 is 0 Å². The maximum absolute atomic E-state index is 13.4. The maximum Gasteiger partial charge on any atom is 0.513 e. The van der Waals surface area contributed by atoms with Crippen molar-refractivity contribution in [2.75, 3.05) is 26.4 Å². The van der Waals surface area contributed by atoms with E-state index in [9.17, 15) is 25.2 Å². The van der Waals surface area contributed by atoms with Crippen molar-refractivity contribution in [1.82, 2.24) is 0 Å². The molecule has 2 aliphatic carbocycles. The molecule has 7 unspecified atom stereocenters. The van der Waals surface area contributed by atoms with E-state index in [-0.39, 0.29) is 36.4 Å². The summed E-state index contributed by atoms with van der Waals surface area (Å²) in [5, 5.41) is 38.5. The molecule has 9 nitrogen and oxygen atoms in total. The van der Waals surface area contributed by atoms with Gasteiger partial charge in [-0.1, -0.05) is 41.5 Å². The lowest BCUT2D eigenvalue weighted by Crippen LogP contribution is -2.54. The van der Waals surface area contributed by atoms with Gasteiger partial charge in [-0.3, -0.25) is 0 Å².